The minimum atomic E-state index is -0.494. The van der Waals surface area contributed by atoms with Crippen LogP contribution in [0.4, 0.5) is 5.69 Å². The van der Waals surface area contributed by atoms with Gasteiger partial charge in [-0.1, -0.05) is 12.2 Å². The Kier molecular flexibility index (Phi) is 3.69. The number of benzene rings is 1. The normalized spacial score (nSPS) is 10.6. The standard InChI is InChI=1S/C10H7N3O2S/c11-6-8(10(12)16)5-7-1-3-9(4-2-7)13(14)15/h1-5H,(H2,12,16)/b8-5-. The Balaban J connectivity index is 3.04. The lowest BCUT2D eigenvalue weighted by molar-refractivity contribution is -0.384. The van der Waals surface area contributed by atoms with Crippen molar-refractivity contribution in [2.24, 2.45) is 5.73 Å². The van der Waals surface area contributed by atoms with Gasteiger partial charge in [0.2, 0.25) is 0 Å². The molecule has 0 spiro atoms. The summed E-state index contributed by atoms with van der Waals surface area (Å²) in [6.45, 7) is 0. The number of thiocarbonyl (C=S) groups is 1. The molecule has 1 rings (SSSR count). The van der Waals surface area contributed by atoms with Crippen molar-refractivity contribution in [1.29, 1.82) is 5.26 Å². The van der Waals surface area contributed by atoms with Gasteiger partial charge in [0.25, 0.3) is 5.69 Å². The summed E-state index contributed by atoms with van der Waals surface area (Å²) >= 11 is 4.66. The van der Waals surface area contributed by atoms with Crippen molar-refractivity contribution in [2.75, 3.05) is 0 Å². The van der Waals surface area contributed by atoms with Gasteiger partial charge < -0.3 is 5.73 Å². The van der Waals surface area contributed by atoms with Crippen LogP contribution in [0.1, 0.15) is 5.56 Å². The molecule has 0 unspecified atom stereocenters. The van der Waals surface area contributed by atoms with Crippen LogP contribution in [0, 0.1) is 21.4 Å². The van der Waals surface area contributed by atoms with E-state index in [0.29, 0.717) is 5.56 Å². The molecule has 0 radical (unpaired) electrons. The van der Waals surface area contributed by atoms with E-state index in [1.54, 1.807) is 0 Å². The van der Waals surface area contributed by atoms with Gasteiger partial charge in [-0.25, -0.2) is 0 Å². The van der Waals surface area contributed by atoms with E-state index in [1.165, 1.54) is 30.3 Å². The zero-order valence-corrected chi connectivity index (χ0v) is 8.90. The van der Waals surface area contributed by atoms with Crippen molar-refractivity contribution >= 4 is 29.0 Å². The van der Waals surface area contributed by atoms with E-state index in [0.717, 1.165) is 0 Å². The first kappa shape index (κ1) is 11.8. The first-order chi connectivity index (χ1) is 7.54. The number of nitro benzene ring substituents is 1. The minimum Gasteiger partial charge on any atom is -0.389 e. The maximum absolute atomic E-state index is 10.4. The maximum atomic E-state index is 10.4. The second kappa shape index (κ2) is 5.00. The Hall–Kier alpha value is -2.26. The number of nitro groups is 1. The van der Waals surface area contributed by atoms with E-state index in [9.17, 15) is 10.1 Å². The molecule has 0 atom stereocenters. The minimum absolute atomic E-state index is 0.000790. The number of nitriles is 1. The Morgan fingerprint density at radius 2 is 2.06 bits per heavy atom. The molecule has 80 valence electrons. The molecule has 2 N–H and O–H groups in total. The first-order valence-corrected chi connectivity index (χ1v) is 4.61. The molecule has 0 aliphatic heterocycles. The van der Waals surface area contributed by atoms with Gasteiger partial charge in [-0.2, -0.15) is 5.26 Å². The second-order valence-corrected chi connectivity index (χ2v) is 3.32. The highest BCUT2D eigenvalue weighted by Gasteiger charge is 2.04. The number of hydrogen-bond donors (Lipinski definition) is 1. The van der Waals surface area contributed by atoms with Gasteiger partial charge in [0.15, 0.2) is 0 Å². The van der Waals surface area contributed by atoms with Crippen LogP contribution in [-0.4, -0.2) is 9.91 Å². The molecule has 16 heavy (non-hydrogen) atoms. The molecule has 1 aromatic carbocycles. The summed E-state index contributed by atoms with van der Waals surface area (Å²) < 4.78 is 0. The summed E-state index contributed by atoms with van der Waals surface area (Å²) in [7, 11) is 0. The van der Waals surface area contributed by atoms with Crippen LogP contribution in [0.15, 0.2) is 29.8 Å². The monoisotopic (exact) mass is 233 g/mol. The summed E-state index contributed by atoms with van der Waals surface area (Å²) in [5.41, 5.74) is 6.10. The van der Waals surface area contributed by atoms with Crippen molar-refractivity contribution in [3.63, 3.8) is 0 Å². The van der Waals surface area contributed by atoms with Crippen molar-refractivity contribution in [2.45, 2.75) is 0 Å². The van der Waals surface area contributed by atoms with Gasteiger partial charge in [0.05, 0.1) is 10.5 Å². The third kappa shape index (κ3) is 2.87. The molecule has 0 bridgehead atoms. The summed E-state index contributed by atoms with van der Waals surface area (Å²) in [6.07, 6.45) is 1.48. The van der Waals surface area contributed by atoms with Crippen LogP contribution in [0.3, 0.4) is 0 Å². The van der Waals surface area contributed by atoms with E-state index >= 15 is 0 Å². The van der Waals surface area contributed by atoms with Crippen molar-refractivity contribution < 1.29 is 4.92 Å². The van der Waals surface area contributed by atoms with E-state index in [4.69, 9.17) is 11.0 Å². The predicted molar refractivity (Wildman–Crippen MR) is 63.5 cm³/mol. The fraction of sp³-hybridized carbons (Fsp3) is 0. The summed E-state index contributed by atoms with van der Waals surface area (Å²) in [6, 6.07) is 7.59. The molecule has 0 aliphatic carbocycles. The van der Waals surface area contributed by atoms with Gasteiger partial charge in [-0.15, -0.1) is 0 Å². The van der Waals surface area contributed by atoms with E-state index in [-0.39, 0.29) is 16.2 Å². The largest absolute Gasteiger partial charge is 0.389 e. The zero-order valence-electron chi connectivity index (χ0n) is 8.08. The first-order valence-electron chi connectivity index (χ1n) is 4.20. The van der Waals surface area contributed by atoms with Crippen molar-refractivity contribution in [3.8, 4) is 6.07 Å². The van der Waals surface area contributed by atoms with Crippen LogP contribution in [0.5, 0.6) is 0 Å². The van der Waals surface area contributed by atoms with Crippen LogP contribution in [0.25, 0.3) is 6.08 Å². The Bertz CT molecular complexity index is 500. The van der Waals surface area contributed by atoms with Crippen LogP contribution in [0.2, 0.25) is 0 Å². The Morgan fingerprint density at radius 1 is 1.50 bits per heavy atom. The average Bonchev–Trinajstić information content (AvgIpc) is 2.26. The topological polar surface area (TPSA) is 92.9 Å². The van der Waals surface area contributed by atoms with Crippen LogP contribution < -0.4 is 5.73 Å². The SMILES string of the molecule is N#C/C(=C/c1ccc([N+](=O)[O-])cc1)C(N)=S. The summed E-state index contributed by atoms with van der Waals surface area (Å²) in [5, 5.41) is 19.1. The van der Waals surface area contributed by atoms with Crippen LogP contribution >= 0.6 is 12.2 Å². The number of nitrogens with zero attached hydrogens (tertiary/aromatic N) is 2. The maximum Gasteiger partial charge on any atom is 0.269 e. The molecular formula is C10H7N3O2S. The average molecular weight is 233 g/mol. The molecule has 0 saturated heterocycles. The Morgan fingerprint density at radius 3 is 2.44 bits per heavy atom. The Labute approximate surface area is 96.9 Å². The number of non-ortho nitro benzene ring substituents is 1. The third-order valence-corrected chi connectivity index (χ3v) is 2.02. The fourth-order valence-electron chi connectivity index (χ4n) is 1.02. The lowest BCUT2D eigenvalue weighted by Gasteiger charge is -1.96. The molecule has 0 heterocycles. The van der Waals surface area contributed by atoms with E-state index in [2.05, 4.69) is 12.2 Å². The summed E-state index contributed by atoms with van der Waals surface area (Å²) in [4.78, 5) is 9.90. The number of rotatable bonds is 3. The quantitative estimate of drug-likeness (QED) is 0.282. The van der Waals surface area contributed by atoms with E-state index in [1.807, 2.05) is 6.07 Å². The highest BCUT2D eigenvalue weighted by Crippen LogP contribution is 2.14. The molecule has 0 aliphatic rings. The molecule has 1 aromatic rings. The highest BCUT2D eigenvalue weighted by atomic mass is 32.1. The molecule has 0 fully saturated rings. The molecular weight excluding hydrogens is 226 g/mol. The van der Waals surface area contributed by atoms with Gasteiger partial charge >= 0.3 is 0 Å². The zero-order chi connectivity index (χ0) is 12.1. The summed E-state index contributed by atoms with van der Waals surface area (Å²) in [5.74, 6) is 0. The van der Waals surface area contributed by atoms with Gasteiger partial charge in [-0.05, 0) is 23.8 Å². The fourth-order valence-corrected chi connectivity index (χ4v) is 1.12. The van der Waals surface area contributed by atoms with Gasteiger partial charge in [-0.3, -0.25) is 10.1 Å². The third-order valence-electron chi connectivity index (χ3n) is 1.80. The lowest BCUT2D eigenvalue weighted by Crippen LogP contribution is -2.09. The van der Waals surface area contributed by atoms with Crippen molar-refractivity contribution in [1.82, 2.24) is 0 Å². The predicted octanol–water partition coefficient (Wildman–Crippen LogP) is 1.79. The molecule has 0 aromatic heterocycles. The molecule has 0 amide bonds. The van der Waals surface area contributed by atoms with Gasteiger partial charge in [0.1, 0.15) is 11.1 Å². The van der Waals surface area contributed by atoms with Crippen molar-refractivity contribution in [3.05, 3.63) is 45.5 Å². The molecule has 5 nitrogen and oxygen atoms in total. The smallest absolute Gasteiger partial charge is 0.269 e. The van der Waals surface area contributed by atoms with Crippen LogP contribution in [-0.2, 0) is 0 Å². The molecule has 6 heteroatoms. The van der Waals surface area contributed by atoms with Gasteiger partial charge in [0, 0.05) is 12.1 Å². The van der Waals surface area contributed by atoms with E-state index < -0.39 is 4.92 Å². The number of hydrogen-bond acceptors (Lipinski definition) is 4. The highest BCUT2D eigenvalue weighted by molar-refractivity contribution is 7.80. The second-order valence-electron chi connectivity index (χ2n) is 2.88. The lowest BCUT2D eigenvalue weighted by atomic mass is 10.1. The number of nitrogens with two attached hydrogens (primary N) is 1. The molecule has 0 saturated carbocycles.